The number of nitrogens with two attached hydrogens (primary N) is 1. The highest BCUT2D eigenvalue weighted by Crippen LogP contribution is 2.23. The van der Waals surface area contributed by atoms with Gasteiger partial charge in [-0.05, 0) is 0 Å². The van der Waals surface area contributed by atoms with E-state index in [-0.39, 0.29) is 25.5 Å². The van der Waals surface area contributed by atoms with Gasteiger partial charge in [-0.1, -0.05) is 0 Å². The molecule has 2 aromatic heterocycles. The summed E-state index contributed by atoms with van der Waals surface area (Å²) in [5.74, 6) is 0.0401. The van der Waals surface area contributed by atoms with Crippen LogP contribution in [0.15, 0.2) is 12.7 Å². The van der Waals surface area contributed by atoms with Crippen molar-refractivity contribution < 1.29 is 19.7 Å². The summed E-state index contributed by atoms with van der Waals surface area (Å²) in [5, 5.41) is 25.4. The molecule has 0 saturated carbocycles. The standard InChI is InChI=1S/C13H19N7O4/c14-2-9(23)19-6-1-7(22)13(24-8(6)3-21)20-12-10-11(16-4-15-10)17-5-18-12/h4-8,13,21-22H,1-3,14H2,(H,19,23)(H2,15,16,17,18,20)/t6-,7+,8+,13+/m1/s1. The number of aromatic nitrogens is 4. The van der Waals surface area contributed by atoms with Crippen LogP contribution in [0, 0.1) is 0 Å². The first kappa shape index (κ1) is 16.5. The molecule has 130 valence electrons. The Bertz CT molecular complexity index is 708. The second kappa shape index (κ2) is 7.05. The van der Waals surface area contributed by atoms with Crippen LogP contribution < -0.4 is 16.4 Å². The van der Waals surface area contributed by atoms with E-state index in [1.54, 1.807) is 0 Å². The zero-order valence-corrected chi connectivity index (χ0v) is 12.7. The molecule has 0 radical (unpaired) electrons. The van der Waals surface area contributed by atoms with Crippen molar-refractivity contribution in [3.8, 4) is 0 Å². The number of nitrogens with one attached hydrogen (secondary N) is 3. The van der Waals surface area contributed by atoms with Crippen molar-refractivity contribution in [2.75, 3.05) is 18.5 Å². The lowest BCUT2D eigenvalue weighted by Crippen LogP contribution is -2.58. The first-order valence-corrected chi connectivity index (χ1v) is 7.46. The number of ether oxygens (including phenoxy) is 1. The van der Waals surface area contributed by atoms with Crippen molar-refractivity contribution in [3.63, 3.8) is 0 Å². The Morgan fingerprint density at radius 1 is 1.46 bits per heavy atom. The minimum absolute atomic E-state index is 0.175. The number of aliphatic hydroxyl groups excluding tert-OH is 2. The third-order valence-electron chi connectivity index (χ3n) is 3.83. The van der Waals surface area contributed by atoms with Gasteiger partial charge in [-0.15, -0.1) is 0 Å². The summed E-state index contributed by atoms with van der Waals surface area (Å²) < 4.78 is 5.67. The first-order chi connectivity index (χ1) is 11.6. The van der Waals surface area contributed by atoms with Crippen LogP contribution in [0.25, 0.3) is 11.2 Å². The van der Waals surface area contributed by atoms with Gasteiger partial charge in [0.2, 0.25) is 5.91 Å². The van der Waals surface area contributed by atoms with Gasteiger partial charge >= 0.3 is 0 Å². The molecule has 11 nitrogen and oxygen atoms in total. The van der Waals surface area contributed by atoms with E-state index in [1.165, 1.54) is 12.7 Å². The minimum Gasteiger partial charge on any atom is -0.394 e. The van der Waals surface area contributed by atoms with Crippen LogP contribution in [0.2, 0.25) is 0 Å². The van der Waals surface area contributed by atoms with Crippen molar-refractivity contribution in [3.05, 3.63) is 12.7 Å². The molecule has 1 saturated heterocycles. The molecule has 0 spiro atoms. The van der Waals surface area contributed by atoms with Gasteiger partial charge in [0.05, 0.1) is 25.5 Å². The number of hydrogen-bond acceptors (Lipinski definition) is 9. The fourth-order valence-electron chi connectivity index (χ4n) is 2.64. The van der Waals surface area contributed by atoms with Crippen LogP contribution in [0.4, 0.5) is 5.82 Å². The lowest BCUT2D eigenvalue weighted by molar-refractivity contribution is -0.141. The number of hydrogen-bond donors (Lipinski definition) is 6. The number of H-pyrrole nitrogens is 1. The maximum absolute atomic E-state index is 11.4. The summed E-state index contributed by atoms with van der Waals surface area (Å²) in [4.78, 5) is 26.5. The number of carbonyl (C=O) groups excluding carboxylic acids is 1. The summed E-state index contributed by atoms with van der Waals surface area (Å²) >= 11 is 0. The molecule has 0 aromatic carbocycles. The summed E-state index contributed by atoms with van der Waals surface area (Å²) in [7, 11) is 0. The van der Waals surface area contributed by atoms with E-state index in [2.05, 4.69) is 30.6 Å². The second-order valence-corrected chi connectivity index (χ2v) is 5.43. The van der Waals surface area contributed by atoms with E-state index in [9.17, 15) is 15.0 Å². The van der Waals surface area contributed by atoms with E-state index in [1.807, 2.05) is 0 Å². The van der Waals surface area contributed by atoms with Crippen LogP contribution >= 0.6 is 0 Å². The highest BCUT2D eigenvalue weighted by molar-refractivity contribution is 5.82. The van der Waals surface area contributed by atoms with E-state index in [0.29, 0.717) is 17.0 Å². The molecule has 4 atom stereocenters. The van der Waals surface area contributed by atoms with Gasteiger partial charge in [-0.2, -0.15) is 0 Å². The van der Waals surface area contributed by atoms with Crippen LogP contribution in [-0.2, 0) is 9.53 Å². The van der Waals surface area contributed by atoms with Crippen LogP contribution in [0.1, 0.15) is 6.42 Å². The predicted octanol–water partition coefficient (Wildman–Crippen LogP) is -2.32. The molecule has 11 heteroatoms. The average Bonchev–Trinajstić information content (AvgIpc) is 3.06. The van der Waals surface area contributed by atoms with Gasteiger partial charge in [0.15, 0.2) is 17.7 Å². The number of rotatable bonds is 5. The first-order valence-electron chi connectivity index (χ1n) is 7.46. The lowest BCUT2D eigenvalue weighted by atomic mass is 9.99. The Balaban J connectivity index is 1.73. The topological polar surface area (TPSA) is 171 Å². The number of aromatic amines is 1. The Hall–Kier alpha value is -2.34. The number of anilines is 1. The molecule has 0 bridgehead atoms. The molecule has 24 heavy (non-hydrogen) atoms. The molecule has 3 rings (SSSR count). The van der Waals surface area contributed by atoms with Crippen LogP contribution in [0.3, 0.4) is 0 Å². The number of imidazole rings is 1. The SMILES string of the molecule is NCC(=O)N[C@@H]1C[C@H](O)[C@@H](Nc2ncnc3nc[nH]c23)O[C@H]1CO. The zero-order chi connectivity index (χ0) is 17.1. The quantitative estimate of drug-likeness (QED) is 0.350. The number of fused-ring (bicyclic) bond motifs is 1. The highest BCUT2D eigenvalue weighted by Gasteiger charge is 2.38. The second-order valence-electron chi connectivity index (χ2n) is 5.43. The van der Waals surface area contributed by atoms with Crippen LogP contribution in [-0.4, -0.2) is 73.7 Å². The number of carbonyl (C=O) groups is 1. The van der Waals surface area contributed by atoms with E-state index in [4.69, 9.17) is 10.5 Å². The lowest BCUT2D eigenvalue weighted by Gasteiger charge is -2.39. The molecular weight excluding hydrogens is 318 g/mol. The molecule has 7 N–H and O–H groups in total. The summed E-state index contributed by atoms with van der Waals surface area (Å²) in [5.41, 5.74) is 6.32. The molecule has 1 aliphatic heterocycles. The Morgan fingerprint density at radius 3 is 3.04 bits per heavy atom. The molecular formula is C13H19N7O4. The normalized spacial score (nSPS) is 27.1. The number of nitrogens with zero attached hydrogens (tertiary/aromatic N) is 3. The number of aliphatic hydroxyl groups is 2. The van der Waals surface area contributed by atoms with Gasteiger partial charge in [0, 0.05) is 6.42 Å². The van der Waals surface area contributed by atoms with Gasteiger partial charge in [0.1, 0.15) is 24.1 Å². The number of amides is 1. The molecule has 2 aromatic rings. The van der Waals surface area contributed by atoms with Gasteiger partial charge < -0.3 is 36.3 Å². The fourth-order valence-corrected chi connectivity index (χ4v) is 2.64. The molecule has 1 fully saturated rings. The summed E-state index contributed by atoms with van der Waals surface area (Å²) in [6, 6.07) is -0.531. The summed E-state index contributed by atoms with van der Waals surface area (Å²) in [6.07, 6.45) is 0.608. The Morgan fingerprint density at radius 2 is 2.29 bits per heavy atom. The third-order valence-corrected chi connectivity index (χ3v) is 3.83. The smallest absolute Gasteiger partial charge is 0.234 e. The fraction of sp³-hybridized carbons (Fsp3) is 0.538. The molecule has 1 amide bonds. The van der Waals surface area contributed by atoms with Crippen molar-refractivity contribution in [2.24, 2.45) is 5.73 Å². The average molecular weight is 337 g/mol. The largest absolute Gasteiger partial charge is 0.394 e. The maximum atomic E-state index is 11.4. The predicted molar refractivity (Wildman–Crippen MR) is 82.7 cm³/mol. The molecule has 0 unspecified atom stereocenters. The molecule has 3 heterocycles. The van der Waals surface area contributed by atoms with Crippen molar-refractivity contribution in [2.45, 2.75) is 30.9 Å². The summed E-state index contributed by atoms with van der Waals surface area (Å²) in [6.45, 7) is -0.491. The van der Waals surface area contributed by atoms with Gasteiger partial charge in [0.25, 0.3) is 0 Å². The van der Waals surface area contributed by atoms with Crippen molar-refractivity contribution in [1.29, 1.82) is 0 Å². The van der Waals surface area contributed by atoms with E-state index >= 15 is 0 Å². The monoisotopic (exact) mass is 337 g/mol. The Labute approximate surface area is 136 Å². The zero-order valence-electron chi connectivity index (χ0n) is 12.7. The van der Waals surface area contributed by atoms with E-state index in [0.717, 1.165) is 0 Å². The van der Waals surface area contributed by atoms with Gasteiger partial charge in [-0.3, -0.25) is 4.79 Å². The molecule has 1 aliphatic rings. The minimum atomic E-state index is -0.927. The van der Waals surface area contributed by atoms with E-state index < -0.39 is 24.5 Å². The molecule has 0 aliphatic carbocycles. The maximum Gasteiger partial charge on any atom is 0.234 e. The van der Waals surface area contributed by atoms with Crippen molar-refractivity contribution in [1.82, 2.24) is 25.3 Å². The van der Waals surface area contributed by atoms with Gasteiger partial charge in [-0.25, -0.2) is 15.0 Å². The third kappa shape index (κ3) is 3.28. The van der Waals surface area contributed by atoms with Crippen molar-refractivity contribution >= 4 is 22.9 Å². The Kier molecular flexibility index (Phi) is 4.85. The highest BCUT2D eigenvalue weighted by atomic mass is 16.5. The van der Waals surface area contributed by atoms with Crippen LogP contribution in [0.5, 0.6) is 0 Å².